The van der Waals surface area contributed by atoms with Gasteiger partial charge in [0, 0.05) is 16.3 Å². The van der Waals surface area contributed by atoms with Gasteiger partial charge >= 0.3 is 0 Å². The highest BCUT2D eigenvalue weighted by Crippen LogP contribution is 2.26. The maximum Gasteiger partial charge on any atom is 0.157 e. The minimum atomic E-state index is 0.0431. The Bertz CT molecular complexity index is 546. The first-order valence-corrected chi connectivity index (χ1v) is 6.54. The molecule has 0 aliphatic rings. The van der Waals surface area contributed by atoms with Crippen LogP contribution in [0.15, 0.2) is 24.3 Å². The van der Waals surface area contributed by atoms with Crippen LogP contribution in [0.3, 0.4) is 0 Å². The van der Waals surface area contributed by atoms with Gasteiger partial charge in [0.25, 0.3) is 0 Å². The molecule has 0 aliphatic carbocycles. The summed E-state index contributed by atoms with van der Waals surface area (Å²) in [6, 6.07) is 8.28. The van der Waals surface area contributed by atoms with Gasteiger partial charge in [-0.2, -0.15) is 5.10 Å². The highest BCUT2D eigenvalue weighted by molar-refractivity contribution is 5.93. The number of nitrogens with zero attached hydrogens (tertiary/aromatic N) is 2. The van der Waals surface area contributed by atoms with E-state index in [0.29, 0.717) is 0 Å². The molecule has 0 radical (unpaired) electrons. The van der Waals surface area contributed by atoms with Crippen LogP contribution in [0.5, 0.6) is 0 Å². The van der Waals surface area contributed by atoms with Gasteiger partial charge in [-0.25, -0.2) is 0 Å². The normalized spacial score (nSPS) is 11.8. The molecule has 1 aromatic carbocycles. The minimum absolute atomic E-state index is 0.0431. The zero-order valence-electron chi connectivity index (χ0n) is 11.6. The van der Waals surface area contributed by atoms with Crippen LogP contribution in [-0.2, 0) is 0 Å². The van der Waals surface area contributed by atoms with Gasteiger partial charge in [-0.15, -0.1) is 5.10 Å². The Balaban J connectivity index is 2.43. The highest BCUT2D eigenvalue weighted by Gasteiger charge is 2.18. The van der Waals surface area contributed by atoms with Crippen LogP contribution in [0.2, 0.25) is 0 Å². The first-order valence-electron chi connectivity index (χ1n) is 6.54. The fourth-order valence-corrected chi connectivity index (χ4v) is 2.34. The Morgan fingerprint density at radius 3 is 2.44 bits per heavy atom. The summed E-state index contributed by atoms with van der Waals surface area (Å²) >= 11 is 0. The van der Waals surface area contributed by atoms with Crippen LogP contribution in [0.1, 0.15) is 39.3 Å². The largest absolute Gasteiger partial charge is 0.363 e. The second kappa shape index (κ2) is 4.92. The van der Waals surface area contributed by atoms with Crippen LogP contribution >= 0.6 is 0 Å². The summed E-state index contributed by atoms with van der Waals surface area (Å²) < 4.78 is 0. The summed E-state index contributed by atoms with van der Waals surface area (Å²) in [5.74, 6) is 0.884. The van der Waals surface area contributed by atoms with Crippen molar-refractivity contribution in [1.29, 1.82) is 0 Å². The van der Waals surface area contributed by atoms with Gasteiger partial charge in [0.2, 0.25) is 0 Å². The maximum atomic E-state index is 4.31. The second-order valence-corrected chi connectivity index (χ2v) is 5.44. The molecule has 0 amide bonds. The Hall–Kier alpha value is -1.64. The van der Waals surface area contributed by atoms with Crippen molar-refractivity contribution in [2.75, 3.05) is 5.32 Å². The van der Waals surface area contributed by atoms with E-state index in [1.165, 1.54) is 5.39 Å². The highest BCUT2D eigenvalue weighted by atomic mass is 15.2. The lowest BCUT2D eigenvalue weighted by atomic mass is 9.98. The number of rotatable bonds is 4. The number of fused-ring (bicyclic) bond motifs is 1. The number of benzene rings is 1. The molecule has 0 atom stereocenters. The van der Waals surface area contributed by atoms with Crippen molar-refractivity contribution in [1.82, 2.24) is 10.2 Å². The van der Waals surface area contributed by atoms with E-state index in [0.717, 1.165) is 29.7 Å². The Morgan fingerprint density at radius 1 is 1.11 bits per heavy atom. The van der Waals surface area contributed by atoms with Crippen molar-refractivity contribution in [3.8, 4) is 0 Å². The predicted octanol–water partition coefficient (Wildman–Crippen LogP) is 3.93. The molecule has 96 valence electrons. The summed E-state index contributed by atoms with van der Waals surface area (Å²) in [5.41, 5.74) is 1.02. The molecule has 0 fully saturated rings. The van der Waals surface area contributed by atoms with Crippen LogP contribution in [0.25, 0.3) is 10.8 Å². The minimum Gasteiger partial charge on any atom is -0.363 e. The summed E-state index contributed by atoms with van der Waals surface area (Å²) in [7, 11) is 0. The van der Waals surface area contributed by atoms with Gasteiger partial charge < -0.3 is 5.32 Å². The van der Waals surface area contributed by atoms with Crippen molar-refractivity contribution < 1.29 is 0 Å². The van der Waals surface area contributed by atoms with Gasteiger partial charge in [-0.3, -0.25) is 0 Å². The zero-order chi connectivity index (χ0) is 13.2. The molecule has 0 aliphatic heterocycles. The lowest BCUT2D eigenvalue weighted by Gasteiger charge is -2.26. The molecule has 0 unspecified atom stereocenters. The van der Waals surface area contributed by atoms with E-state index in [-0.39, 0.29) is 5.54 Å². The van der Waals surface area contributed by atoms with Crippen molar-refractivity contribution in [3.63, 3.8) is 0 Å². The quantitative estimate of drug-likeness (QED) is 0.884. The topological polar surface area (TPSA) is 37.8 Å². The maximum absolute atomic E-state index is 4.31. The summed E-state index contributed by atoms with van der Waals surface area (Å²) in [4.78, 5) is 0. The van der Waals surface area contributed by atoms with Gasteiger partial charge in [0.05, 0.1) is 5.69 Å². The average Bonchev–Trinajstić information content (AvgIpc) is 2.33. The fourth-order valence-electron chi connectivity index (χ4n) is 2.34. The summed E-state index contributed by atoms with van der Waals surface area (Å²) in [6.45, 7) is 8.60. The molecule has 0 saturated heterocycles. The first kappa shape index (κ1) is 12.8. The standard InChI is InChI=1S/C15H21N3/c1-5-10-15(3,4)16-14-13-9-7-6-8-12(13)11(2)17-18-14/h6-9H,5,10H2,1-4H3,(H,16,18). The molecule has 1 N–H and O–H groups in total. The van der Waals surface area contributed by atoms with E-state index >= 15 is 0 Å². The average molecular weight is 243 g/mol. The van der Waals surface area contributed by atoms with E-state index < -0.39 is 0 Å². The van der Waals surface area contributed by atoms with Crippen LogP contribution < -0.4 is 5.32 Å². The summed E-state index contributed by atoms with van der Waals surface area (Å²) in [5, 5.41) is 14.4. The molecule has 3 nitrogen and oxygen atoms in total. The van der Waals surface area contributed by atoms with E-state index in [9.17, 15) is 0 Å². The molecular formula is C15H21N3. The van der Waals surface area contributed by atoms with Gasteiger partial charge in [-0.05, 0) is 27.2 Å². The second-order valence-electron chi connectivity index (χ2n) is 5.44. The van der Waals surface area contributed by atoms with E-state index in [1.54, 1.807) is 0 Å². The molecule has 1 heterocycles. The Kier molecular flexibility index (Phi) is 3.50. The fraction of sp³-hybridized carbons (Fsp3) is 0.467. The smallest absolute Gasteiger partial charge is 0.157 e. The number of anilines is 1. The number of hydrogen-bond donors (Lipinski definition) is 1. The van der Waals surface area contributed by atoms with Crippen molar-refractivity contribution in [3.05, 3.63) is 30.0 Å². The van der Waals surface area contributed by atoms with Crippen molar-refractivity contribution in [2.24, 2.45) is 0 Å². The SMILES string of the molecule is CCCC(C)(C)Nc1nnc(C)c2ccccc12. The lowest BCUT2D eigenvalue weighted by molar-refractivity contribution is 0.509. The Morgan fingerprint density at radius 2 is 1.78 bits per heavy atom. The van der Waals surface area contributed by atoms with Crippen LogP contribution in [-0.4, -0.2) is 15.7 Å². The van der Waals surface area contributed by atoms with E-state index in [1.807, 2.05) is 19.1 Å². The molecule has 3 heteroatoms. The third-order valence-electron chi connectivity index (χ3n) is 3.20. The molecule has 2 rings (SSSR count). The first-order chi connectivity index (χ1) is 8.53. The monoisotopic (exact) mass is 243 g/mol. The number of nitrogens with one attached hydrogen (secondary N) is 1. The van der Waals surface area contributed by atoms with Crippen molar-refractivity contribution >= 4 is 16.6 Å². The third kappa shape index (κ3) is 2.61. The van der Waals surface area contributed by atoms with Gasteiger partial charge in [0.15, 0.2) is 5.82 Å². The van der Waals surface area contributed by atoms with Gasteiger partial charge in [0.1, 0.15) is 0 Å². The third-order valence-corrected chi connectivity index (χ3v) is 3.20. The molecule has 1 aromatic heterocycles. The number of aryl methyl sites for hydroxylation is 1. The molecule has 18 heavy (non-hydrogen) atoms. The summed E-state index contributed by atoms with van der Waals surface area (Å²) in [6.07, 6.45) is 2.26. The number of hydrogen-bond acceptors (Lipinski definition) is 3. The molecular weight excluding hydrogens is 222 g/mol. The Labute approximate surface area is 109 Å². The van der Waals surface area contributed by atoms with E-state index in [2.05, 4.69) is 48.4 Å². The predicted molar refractivity (Wildman–Crippen MR) is 76.9 cm³/mol. The van der Waals surface area contributed by atoms with Gasteiger partial charge in [-0.1, -0.05) is 37.6 Å². The van der Waals surface area contributed by atoms with Crippen LogP contribution in [0, 0.1) is 6.92 Å². The van der Waals surface area contributed by atoms with E-state index in [4.69, 9.17) is 0 Å². The molecule has 0 spiro atoms. The zero-order valence-corrected chi connectivity index (χ0v) is 11.6. The lowest BCUT2D eigenvalue weighted by Crippen LogP contribution is -2.31. The molecule has 2 aromatic rings. The van der Waals surface area contributed by atoms with Crippen LogP contribution in [0.4, 0.5) is 5.82 Å². The number of aromatic nitrogens is 2. The molecule has 0 bridgehead atoms. The van der Waals surface area contributed by atoms with Crippen molar-refractivity contribution in [2.45, 2.75) is 46.1 Å². The molecule has 0 saturated carbocycles.